The molecule has 1 fully saturated rings. The molecule has 1 aromatic carbocycles. The van der Waals surface area contributed by atoms with Gasteiger partial charge in [0.05, 0.1) is 5.75 Å². The zero-order chi connectivity index (χ0) is 16.8. The Morgan fingerprint density at radius 2 is 2.04 bits per heavy atom. The van der Waals surface area contributed by atoms with Crippen LogP contribution in [0.2, 0.25) is 5.02 Å². The van der Waals surface area contributed by atoms with Crippen molar-refractivity contribution in [1.29, 1.82) is 0 Å². The Hall–Kier alpha value is -1.79. The Kier molecular flexibility index (Phi) is 5.93. The van der Waals surface area contributed by atoms with Crippen LogP contribution in [0.3, 0.4) is 0 Å². The van der Waals surface area contributed by atoms with Crippen LogP contribution in [0.25, 0.3) is 0 Å². The summed E-state index contributed by atoms with van der Waals surface area (Å²) in [5.41, 5.74) is 0.913. The van der Waals surface area contributed by atoms with E-state index < -0.39 is 0 Å². The van der Waals surface area contributed by atoms with Crippen LogP contribution < -0.4 is 10.2 Å². The molecule has 0 aliphatic carbocycles. The highest BCUT2D eigenvalue weighted by Gasteiger charge is 2.14. The molecule has 2 heterocycles. The molecule has 1 saturated heterocycles. The average Bonchev–Trinajstić information content (AvgIpc) is 3.14. The van der Waals surface area contributed by atoms with Gasteiger partial charge in [-0.3, -0.25) is 4.79 Å². The van der Waals surface area contributed by atoms with Gasteiger partial charge in [-0.25, -0.2) is 9.97 Å². The van der Waals surface area contributed by atoms with Crippen LogP contribution in [0.1, 0.15) is 18.4 Å². The smallest absolute Gasteiger partial charge is 0.230 e. The van der Waals surface area contributed by atoms with Crippen LogP contribution in [-0.2, 0) is 11.3 Å². The van der Waals surface area contributed by atoms with Gasteiger partial charge >= 0.3 is 0 Å². The molecule has 1 aromatic heterocycles. The molecule has 126 valence electrons. The Bertz CT molecular complexity index is 706. The van der Waals surface area contributed by atoms with Crippen molar-refractivity contribution >= 4 is 35.1 Å². The highest BCUT2D eigenvalue weighted by atomic mass is 35.5. The number of carbonyl (C=O) groups is 1. The van der Waals surface area contributed by atoms with Gasteiger partial charge in [0, 0.05) is 30.7 Å². The molecule has 0 saturated carbocycles. The summed E-state index contributed by atoms with van der Waals surface area (Å²) in [5.74, 6) is 1.23. The quantitative estimate of drug-likeness (QED) is 0.632. The summed E-state index contributed by atoms with van der Waals surface area (Å²) in [6, 6.07) is 9.46. The van der Waals surface area contributed by atoms with Crippen LogP contribution in [-0.4, -0.2) is 34.7 Å². The second kappa shape index (κ2) is 8.35. The molecule has 1 aliphatic rings. The van der Waals surface area contributed by atoms with Gasteiger partial charge in [0.1, 0.15) is 17.2 Å². The van der Waals surface area contributed by atoms with E-state index in [0.717, 1.165) is 29.5 Å². The summed E-state index contributed by atoms with van der Waals surface area (Å²) < 4.78 is 0. The first-order valence-corrected chi connectivity index (χ1v) is 9.28. The maximum absolute atomic E-state index is 12.0. The standard InChI is InChI=1S/C17H19ClN4OS/c18-14-6-2-1-5-13(14)10-19-16(23)11-24-17-9-15(20-12-21-17)22-7-3-4-8-22/h1-2,5-6,9,12H,3-4,7-8,10-11H2,(H,19,23). The summed E-state index contributed by atoms with van der Waals surface area (Å²) in [4.78, 5) is 22.8. The molecule has 1 amide bonds. The Morgan fingerprint density at radius 3 is 2.83 bits per heavy atom. The van der Waals surface area contributed by atoms with E-state index in [1.807, 2.05) is 30.3 Å². The monoisotopic (exact) mass is 362 g/mol. The number of aromatic nitrogens is 2. The maximum atomic E-state index is 12.0. The summed E-state index contributed by atoms with van der Waals surface area (Å²) in [5, 5.41) is 4.36. The van der Waals surface area contributed by atoms with Gasteiger partial charge < -0.3 is 10.2 Å². The summed E-state index contributed by atoms with van der Waals surface area (Å²) in [7, 11) is 0. The van der Waals surface area contributed by atoms with E-state index in [4.69, 9.17) is 11.6 Å². The minimum atomic E-state index is -0.0405. The van der Waals surface area contributed by atoms with Crippen molar-refractivity contribution in [2.45, 2.75) is 24.4 Å². The van der Waals surface area contributed by atoms with Gasteiger partial charge in [0.2, 0.25) is 5.91 Å². The number of amides is 1. The molecule has 3 rings (SSSR count). The number of hydrogen-bond donors (Lipinski definition) is 1. The van der Waals surface area contributed by atoms with E-state index in [9.17, 15) is 4.79 Å². The molecule has 0 spiro atoms. The largest absolute Gasteiger partial charge is 0.356 e. The SMILES string of the molecule is O=C(CSc1cc(N2CCCC2)ncn1)NCc1ccccc1Cl. The van der Waals surface area contributed by atoms with E-state index in [1.54, 1.807) is 6.33 Å². The van der Waals surface area contributed by atoms with Crippen molar-refractivity contribution in [3.05, 3.63) is 47.2 Å². The minimum Gasteiger partial charge on any atom is -0.356 e. The van der Waals surface area contributed by atoms with Crippen LogP contribution in [0.15, 0.2) is 41.7 Å². The number of benzene rings is 1. The van der Waals surface area contributed by atoms with E-state index in [-0.39, 0.29) is 5.91 Å². The molecule has 2 aromatic rings. The van der Waals surface area contributed by atoms with Crippen LogP contribution >= 0.6 is 23.4 Å². The predicted molar refractivity (Wildman–Crippen MR) is 97.5 cm³/mol. The predicted octanol–water partition coefficient (Wildman–Crippen LogP) is 3.14. The van der Waals surface area contributed by atoms with Crippen molar-refractivity contribution in [2.75, 3.05) is 23.7 Å². The van der Waals surface area contributed by atoms with Crippen molar-refractivity contribution in [2.24, 2.45) is 0 Å². The van der Waals surface area contributed by atoms with Gasteiger partial charge in [-0.15, -0.1) is 0 Å². The van der Waals surface area contributed by atoms with Gasteiger partial charge in [-0.2, -0.15) is 0 Å². The lowest BCUT2D eigenvalue weighted by Crippen LogP contribution is -2.24. The van der Waals surface area contributed by atoms with E-state index in [1.165, 1.54) is 24.6 Å². The van der Waals surface area contributed by atoms with Crippen LogP contribution in [0, 0.1) is 0 Å². The normalized spacial score (nSPS) is 14.0. The lowest BCUT2D eigenvalue weighted by molar-refractivity contribution is -0.118. The first-order valence-electron chi connectivity index (χ1n) is 7.92. The van der Waals surface area contributed by atoms with Crippen LogP contribution in [0.4, 0.5) is 5.82 Å². The number of anilines is 1. The first kappa shape index (κ1) is 17.0. The molecule has 1 aliphatic heterocycles. The lowest BCUT2D eigenvalue weighted by atomic mass is 10.2. The number of halogens is 1. The molecule has 5 nitrogen and oxygen atoms in total. The molecule has 0 bridgehead atoms. The van der Waals surface area contributed by atoms with Gasteiger partial charge in [0.15, 0.2) is 0 Å². The third-order valence-electron chi connectivity index (χ3n) is 3.84. The molecule has 0 unspecified atom stereocenters. The van der Waals surface area contributed by atoms with E-state index >= 15 is 0 Å². The Morgan fingerprint density at radius 1 is 1.25 bits per heavy atom. The van der Waals surface area contributed by atoms with Gasteiger partial charge in [-0.1, -0.05) is 41.6 Å². The van der Waals surface area contributed by atoms with Crippen molar-refractivity contribution in [3.8, 4) is 0 Å². The number of hydrogen-bond acceptors (Lipinski definition) is 5. The highest BCUT2D eigenvalue weighted by molar-refractivity contribution is 7.99. The molecular weight excluding hydrogens is 344 g/mol. The number of nitrogens with zero attached hydrogens (tertiary/aromatic N) is 3. The second-order valence-corrected chi connectivity index (χ2v) is 6.97. The molecular formula is C17H19ClN4OS. The lowest BCUT2D eigenvalue weighted by Gasteiger charge is -2.16. The van der Waals surface area contributed by atoms with Crippen molar-refractivity contribution in [3.63, 3.8) is 0 Å². The van der Waals surface area contributed by atoms with Gasteiger partial charge in [0.25, 0.3) is 0 Å². The molecule has 1 N–H and O–H groups in total. The Balaban J connectivity index is 1.49. The van der Waals surface area contributed by atoms with Crippen LogP contribution in [0.5, 0.6) is 0 Å². The zero-order valence-corrected chi connectivity index (χ0v) is 14.8. The minimum absolute atomic E-state index is 0.0405. The number of rotatable bonds is 6. The van der Waals surface area contributed by atoms with E-state index in [0.29, 0.717) is 17.3 Å². The second-order valence-electron chi connectivity index (χ2n) is 5.57. The maximum Gasteiger partial charge on any atom is 0.230 e. The zero-order valence-electron chi connectivity index (χ0n) is 13.2. The summed E-state index contributed by atoms with van der Waals surface area (Å²) >= 11 is 7.50. The fourth-order valence-corrected chi connectivity index (χ4v) is 3.45. The Labute approximate surface area is 150 Å². The van der Waals surface area contributed by atoms with Crippen molar-refractivity contribution in [1.82, 2.24) is 15.3 Å². The number of carbonyl (C=O) groups excluding carboxylic acids is 1. The topological polar surface area (TPSA) is 58.1 Å². The van der Waals surface area contributed by atoms with E-state index in [2.05, 4.69) is 20.2 Å². The summed E-state index contributed by atoms with van der Waals surface area (Å²) in [6.07, 6.45) is 3.98. The highest BCUT2D eigenvalue weighted by Crippen LogP contribution is 2.22. The number of nitrogens with one attached hydrogen (secondary N) is 1. The number of thioether (sulfide) groups is 1. The average molecular weight is 363 g/mol. The fourth-order valence-electron chi connectivity index (χ4n) is 2.55. The third-order valence-corrected chi connectivity index (χ3v) is 5.14. The van der Waals surface area contributed by atoms with Crippen molar-refractivity contribution < 1.29 is 4.79 Å². The third kappa shape index (κ3) is 4.61. The van der Waals surface area contributed by atoms with Gasteiger partial charge in [-0.05, 0) is 24.5 Å². The fraction of sp³-hybridized carbons (Fsp3) is 0.353. The molecule has 24 heavy (non-hydrogen) atoms. The first-order chi connectivity index (χ1) is 11.7. The molecule has 0 atom stereocenters. The molecule has 7 heteroatoms. The molecule has 0 radical (unpaired) electrons. The summed E-state index contributed by atoms with van der Waals surface area (Å²) in [6.45, 7) is 2.51.